The van der Waals surface area contributed by atoms with E-state index in [-0.39, 0.29) is 5.91 Å². The number of hydrogen-bond donors (Lipinski definition) is 1. The molecule has 19 heavy (non-hydrogen) atoms. The van der Waals surface area contributed by atoms with Crippen LogP contribution in [0.2, 0.25) is 0 Å². The molecule has 1 aromatic rings. The van der Waals surface area contributed by atoms with E-state index >= 15 is 0 Å². The highest BCUT2D eigenvalue weighted by atomic mass is 79.9. The lowest BCUT2D eigenvalue weighted by atomic mass is 10.00. The molecule has 0 aromatic heterocycles. The maximum absolute atomic E-state index is 12.0. The molecule has 0 aliphatic carbocycles. The third-order valence-corrected chi connectivity index (χ3v) is 5.18. The summed E-state index contributed by atoms with van der Waals surface area (Å²) >= 11 is 3.49. The fourth-order valence-electron chi connectivity index (χ4n) is 2.10. The lowest BCUT2D eigenvalue weighted by Crippen LogP contribution is -2.41. The van der Waals surface area contributed by atoms with Crippen molar-refractivity contribution in [3.8, 4) is 0 Å². The molecule has 1 heterocycles. The molecule has 0 spiro atoms. The minimum absolute atomic E-state index is 0.361. The molecule has 0 unspecified atom stereocenters. The SMILES string of the molecule is CNS(=O)(=O)CC(=O)N1CCc2c(Br)cccc2C1. The highest BCUT2D eigenvalue weighted by molar-refractivity contribution is 9.10. The molecule has 0 saturated carbocycles. The minimum atomic E-state index is -3.50. The van der Waals surface area contributed by atoms with Crippen LogP contribution in [-0.2, 0) is 27.8 Å². The van der Waals surface area contributed by atoms with E-state index in [0.717, 1.165) is 16.5 Å². The van der Waals surface area contributed by atoms with Crippen LogP contribution in [-0.4, -0.2) is 38.6 Å². The van der Waals surface area contributed by atoms with Crippen molar-refractivity contribution in [1.82, 2.24) is 9.62 Å². The molecule has 104 valence electrons. The summed E-state index contributed by atoms with van der Waals surface area (Å²) in [6, 6.07) is 5.86. The van der Waals surface area contributed by atoms with Crippen molar-refractivity contribution < 1.29 is 13.2 Å². The van der Waals surface area contributed by atoms with Crippen LogP contribution in [0, 0.1) is 0 Å². The summed E-state index contributed by atoms with van der Waals surface area (Å²) in [6.07, 6.45) is 0.738. The van der Waals surface area contributed by atoms with E-state index < -0.39 is 15.8 Å². The molecule has 1 amide bonds. The number of benzene rings is 1. The van der Waals surface area contributed by atoms with Gasteiger partial charge in [-0.2, -0.15) is 0 Å². The van der Waals surface area contributed by atoms with Crippen LogP contribution < -0.4 is 4.72 Å². The van der Waals surface area contributed by atoms with Crippen LogP contribution in [0.1, 0.15) is 11.1 Å². The lowest BCUT2D eigenvalue weighted by Gasteiger charge is -2.29. The molecule has 0 saturated heterocycles. The predicted octanol–water partition coefficient (Wildman–Crippen LogP) is 0.883. The fraction of sp³-hybridized carbons (Fsp3) is 0.417. The first-order valence-corrected chi connectivity index (χ1v) is 8.33. The van der Waals surface area contributed by atoms with E-state index in [1.807, 2.05) is 18.2 Å². The van der Waals surface area contributed by atoms with Gasteiger partial charge in [-0.3, -0.25) is 4.79 Å². The third kappa shape index (κ3) is 3.34. The molecule has 1 N–H and O–H groups in total. The second kappa shape index (κ2) is 5.60. The first kappa shape index (κ1) is 14.5. The van der Waals surface area contributed by atoms with Gasteiger partial charge in [-0.25, -0.2) is 13.1 Å². The number of halogens is 1. The molecule has 1 aliphatic heterocycles. The maximum atomic E-state index is 12.0. The summed E-state index contributed by atoms with van der Waals surface area (Å²) in [7, 11) is -2.19. The highest BCUT2D eigenvalue weighted by Crippen LogP contribution is 2.26. The van der Waals surface area contributed by atoms with E-state index in [2.05, 4.69) is 20.7 Å². The van der Waals surface area contributed by atoms with Gasteiger partial charge >= 0.3 is 0 Å². The molecule has 0 fully saturated rings. The average Bonchev–Trinajstić information content (AvgIpc) is 2.38. The summed E-state index contributed by atoms with van der Waals surface area (Å²) in [6.45, 7) is 1.01. The average molecular weight is 347 g/mol. The number of nitrogens with one attached hydrogen (secondary N) is 1. The maximum Gasteiger partial charge on any atom is 0.239 e. The normalized spacial score (nSPS) is 15.2. The van der Waals surface area contributed by atoms with Crippen molar-refractivity contribution in [2.24, 2.45) is 0 Å². The molecule has 0 atom stereocenters. The third-order valence-electron chi connectivity index (χ3n) is 3.19. The van der Waals surface area contributed by atoms with Gasteiger partial charge in [0.25, 0.3) is 0 Å². The van der Waals surface area contributed by atoms with Gasteiger partial charge in [0.05, 0.1) is 0 Å². The van der Waals surface area contributed by atoms with Crippen molar-refractivity contribution in [3.05, 3.63) is 33.8 Å². The molecular weight excluding hydrogens is 332 g/mol. The zero-order valence-electron chi connectivity index (χ0n) is 10.5. The van der Waals surface area contributed by atoms with Crippen molar-refractivity contribution in [3.63, 3.8) is 0 Å². The van der Waals surface area contributed by atoms with Crippen molar-refractivity contribution >= 4 is 31.9 Å². The molecule has 0 bridgehead atoms. The highest BCUT2D eigenvalue weighted by Gasteiger charge is 2.25. The van der Waals surface area contributed by atoms with Gasteiger partial charge < -0.3 is 4.90 Å². The molecule has 2 rings (SSSR count). The van der Waals surface area contributed by atoms with Crippen LogP contribution in [0.15, 0.2) is 22.7 Å². The smallest absolute Gasteiger partial charge is 0.239 e. The van der Waals surface area contributed by atoms with Crippen molar-refractivity contribution in [1.29, 1.82) is 0 Å². The molecule has 0 radical (unpaired) electrons. The van der Waals surface area contributed by atoms with Crippen LogP contribution in [0.5, 0.6) is 0 Å². The molecule has 5 nitrogen and oxygen atoms in total. The Morgan fingerprint density at radius 3 is 2.89 bits per heavy atom. The van der Waals surface area contributed by atoms with E-state index in [0.29, 0.717) is 13.1 Å². The number of fused-ring (bicyclic) bond motifs is 1. The van der Waals surface area contributed by atoms with E-state index in [4.69, 9.17) is 0 Å². The van der Waals surface area contributed by atoms with Gasteiger partial charge in [-0.05, 0) is 30.7 Å². The van der Waals surface area contributed by atoms with Gasteiger partial charge in [-0.15, -0.1) is 0 Å². The number of carbonyl (C=O) groups excluding carboxylic acids is 1. The van der Waals surface area contributed by atoms with E-state index in [9.17, 15) is 13.2 Å². The number of sulfonamides is 1. The van der Waals surface area contributed by atoms with Crippen LogP contribution in [0.25, 0.3) is 0 Å². The number of rotatable bonds is 3. The Labute approximate surface area is 121 Å². The lowest BCUT2D eigenvalue weighted by molar-refractivity contribution is -0.129. The quantitative estimate of drug-likeness (QED) is 0.883. The minimum Gasteiger partial charge on any atom is -0.337 e. The van der Waals surface area contributed by atoms with Gasteiger partial charge in [0.1, 0.15) is 5.75 Å². The molecule has 1 aromatic carbocycles. The standard InChI is InChI=1S/C12H15BrN2O3S/c1-14-19(17,18)8-12(16)15-6-5-10-9(7-15)3-2-4-11(10)13/h2-4,14H,5-8H2,1H3. The van der Waals surface area contributed by atoms with E-state index in [1.54, 1.807) is 4.90 Å². The molecule has 7 heteroatoms. The van der Waals surface area contributed by atoms with Gasteiger partial charge in [0.2, 0.25) is 15.9 Å². The van der Waals surface area contributed by atoms with Gasteiger partial charge in [0, 0.05) is 17.6 Å². The number of hydrogen-bond acceptors (Lipinski definition) is 3. The van der Waals surface area contributed by atoms with Gasteiger partial charge in [0.15, 0.2) is 0 Å². The summed E-state index contributed by atoms with van der Waals surface area (Å²) in [5.41, 5.74) is 2.26. The Hall–Kier alpha value is -0.920. The Morgan fingerprint density at radius 2 is 2.21 bits per heavy atom. The summed E-state index contributed by atoms with van der Waals surface area (Å²) in [5.74, 6) is -0.854. The zero-order chi connectivity index (χ0) is 14.0. The zero-order valence-corrected chi connectivity index (χ0v) is 12.9. The predicted molar refractivity (Wildman–Crippen MR) is 76.1 cm³/mol. The Bertz CT molecular complexity index is 601. The monoisotopic (exact) mass is 346 g/mol. The number of nitrogens with zero attached hydrogens (tertiary/aromatic N) is 1. The largest absolute Gasteiger partial charge is 0.337 e. The van der Waals surface area contributed by atoms with Crippen molar-refractivity contribution in [2.45, 2.75) is 13.0 Å². The Morgan fingerprint density at radius 1 is 1.47 bits per heavy atom. The van der Waals surface area contributed by atoms with Gasteiger partial charge in [-0.1, -0.05) is 28.1 Å². The summed E-state index contributed by atoms with van der Waals surface area (Å²) < 4.78 is 26.0. The molecular formula is C12H15BrN2O3S. The topological polar surface area (TPSA) is 66.5 Å². The van der Waals surface area contributed by atoms with Crippen LogP contribution in [0.3, 0.4) is 0 Å². The molecule has 1 aliphatic rings. The van der Waals surface area contributed by atoms with E-state index in [1.165, 1.54) is 12.6 Å². The Kier molecular flexibility index (Phi) is 4.27. The second-order valence-electron chi connectivity index (χ2n) is 4.41. The number of amides is 1. The Balaban J connectivity index is 2.12. The van der Waals surface area contributed by atoms with Crippen LogP contribution >= 0.6 is 15.9 Å². The van der Waals surface area contributed by atoms with Crippen LogP contribution in [0.4, 0.5) is 0 Å². The summed E-state index contributed by atoms with van der Waals surface area (Å²) in [5, 5.41) is 0. The fourth-order valence-corrected chi connectivity index (χ4v) is 3.36. The first-order chi connectivity index (χ1) is 8.93. The number of carbonyl (C=O) groups is 1. The second-order valence-corrected chi connectivity index (χ2v) is 7.19. The van der Waals surface area contributed by atoms with Crippen molar-refractivity contribution in [2.75, 3.05) is 19.3 Å². The first-order valence-electron chi connectivity index (χ1n) is 5.88. The summed E-state index contributed by atoms with van der Waals surface area (Å²) in [4.78, 5) is 13.5.